The number of rotatable bonds is 9. The van der Waals surface area contributed by atoms with Gasteiger partial charge in [-0.1, -0.05) is 46.5 Å². The summed E-state index contributed by atoms with van der Waals surface area (Å²) in [7, 11) is 0. The Labute approximate surface area is 106 Å². The van der Waals surface area contributed by atoms with Crippen LogP contribution < -0.4 is 5.32 Å². The van der Waals surface area contributed by atoms with Crippen molar-refractivity contribution in [3.8, 4) is 0 Å². The second-order valence-corrected chi connectivity index (χ2v) is 5.21. The maximum Gasteiger partial charge on any atom is 0.0222 e. The van der Waals surface area contributed by atoms with Gasteiger partial charge in [0.2, 0.25) is 0 Å². The molecule has 0 aliphatic carbocycles. The average Bonchev–Trinajstić information content (AvgIpc) is 2.74. The number of unbranched alkanes of at least 4 members (excludes halogenated alkanes) is 4. The van der Waals surface area contributed by atoms with Crippen molar-refractivity contribution in [1.29, 1.82) is 0 Å². The predicted octanol–water partition coefficient (Wildman–Crippen LogP) is 3.96. The number of aromatic nitrogens is 1. The van der Waals surface area contributed by atoms with E-state index in [-0.39, 0.29) is 0 Å². The van der Waals surface area contributed by atoms with Gasteiger partial charge in [-0.05, 0) is 18.1 Å². The fourth-order valence-electron chi connectivity index (χ4n) is 1.95. The van der Waals surface area contributed by atoms with Crippen LogP contribution in [0.15, 0.2) is 18.5 Å². The molecule has 0 aliphatic rings. The molecule has 1 heterocycles. The van der Waals surface area contributed by atoms with Gasteiger partial charge in [0.05, 0.1) is 0 Å². The minimum atomic E-state index is 0.562. The number of aryl methyl sites for hydroxylation is 1. The molecule has 0 saturated carbocycles. The van der Waals surface area contributed by atoms with Gasteiger partial charge >= 0.3 is 0 Å². The first-order chi connectivity index (χ1) is 8.22. The molecule has 0 unspecified atom stereocenters. The summed E-state index contributed by atoms with van der Waals surface area (Å²) < 4.78 is 2.32. The number of nitrogens with zero attached hydrogens (tertiary/aromatic N) is 1. The van der Waals surface area contributed by atoms with Crippen LogP contribution >= 0.6 is 0 Å². The molecule has 0 atom stereocenters. The lowest BCUT2D eigenvalue weighted by molar-refractivity contribution is 0.565. The van der Waals surface area contributed by atoms with E-state index in [9.17, 15) is 0 Å². The summed E-state index contributed by atoms with van der Waals surface area (Å²) in [6.07, 6.45) is 11.3. The standard InChI is InChI=1S/C15H28N2/c1-4-5-6-7-8-10-17-11-9-15(13-17)12-16-14(2)3/h9,11,13-14,16H,4-8,10,12H2,1-3H3. The third kappa shape index (κ3) is 6.52. The molecule has 2 heteroatoms. The zero-order chi connectivity index (χ0) is 12.5. The summed E-state index contributed by atoms with van der Waals surface area (Å²) in [5, 5.41) is 3.45. The van der Waals surface area contributed by atoms with Crippen molar-refractivity contribution in [3.05, 3.63) is 24.0 Å². The van der Waals surface area contributed by atoms with Gasteiger partial charge < -0.3 is 9.88 Å². The van der Waals surface area contributed by atoms with Gasteiger partial charge in [-0.15, -0.1) is 0 Å². The van der Waals surface area contributed by atoms with Gasteiger partial charge in [0.15, 0.2) is 0 Å². The van der Waals surface area contributed by atoms with Crippen molar-refractivity contribution in [2.24, 2.45) is 0 Å². The smallest absolute Gasteiger partial charge is 0.0222 e. The molecule has 1 N–H and O–H groups in total. The zero-order valence-electron chi connectivity index (χ0n) is 11.7. The normalized spacial score (nSPS) is 11.3. The molecule has 0 radical (unpaired) electrons. The van der Waals surface area contributed by atoms with E-state index in [1.165, 1.54) is 44.2 Å². The highest BCUT2D eigenvalue weighted by atomic mass is 14.9. The van der Waals surface area contributed by atoms with Gasteiger partial charge in [0.25, 0.3) is 0 Å². The van der Waals surface area contributed by atoms with Crippen LogP contribution in [-0.2, 0) is 13.1 Å². The van der Waals surface area contributed by atoms with Crippen molar-refractivity contribution in [2.45, 2.75) is 72.0 Å². The van der Waals surface area contributed by atoms with Gasteiger partial charge in [-0.2, -0.15) is 0 Å². The summed E-state index contributed by atoms with van der Waals surface area (Å²) in [6.45, 7) is 8.79. The summed E-state index contributed by atoms with van der Waals surface area (Å²) in [6, 6.07) is 2.79. The highest BCUT2D eigenvalue weighted by Gasteiger charge is 1.98. The highest BCUT2D eigenvalue weighted by Crippen LogP contribution is 2.07. The monoisotopic (exact) mass is 236 g/mol. The van der Waals surface area contributed by atoms with Crippen LogP contribution in [0.5, 0.6) is 0 Å². The molecule has 0 amide bonds. The van der Waals surface area contributed by atoms with Crippen LogP contribution in [0.4, 0.5) is 0 Å². The third-order valence-corrected chi connectivity index (χ3v) is 3.05. The molecule has 0 fully saturated rings. The molecule has 17 heavy (non-hydrogen) atoms. The van der Waals surface area contributed by atoms with Crippen molar-refractivity contribution in [1.82, 2.24) is 9.88 Å². The van der Waals surface area contributed by atoms with E-state index in [0.717, 1.165) is 6.54 Å². The van der Waals surface area contributed by atoms with Crippen LogP contribution in [0.25, 0.3) is 0 Å². The Kier molecular flexibility index (Phi) is 7.02. The van der Waals surface area contributed by atoms with Gasteiger partial charge in [0, 0.05) is 31.5 Å². The molecular weight excluding hydrogens is 208 g/mol. The summed E-state index contributed by atoms with van der Waals surface area (Å²) in [5.74, 6) is 0. The Balaban J connectivity index is 2.17. The minimum absolute atomic E-state index is 0.562. The first kappa shape index (κ1) is 14.3. The van der Waals surface area contributed by atoms with E-state index < -0.39 is 0 Å². The van der Waals surface area contributed by atoms with E-state index in [0.29, 0.717) is 6.04 Å². The van der Waals surface area contributed by atoms with Crippen LogP contribution in [0.2, 0.25) is 0 Å². The molecule has 0 aromatic carbocycles. The lowest BCUT2D eigenvalue weighted by Crippen LogP contribution is -2.21. The number of hydrogen-bond acceptors (Lipinski definition) is 1. The predicted molar refractivity (Wildman–Crippen MR) is 75.2 cm³/mol. The first-order valence-electron chi connectivity index (χ1n) is 7.10. The molecule has 0 aliphatic heterocycles. The van der Waals surface area contributed by atoms with Crippen LogP contribution in [0.1, 0.15) is 58.4 Å². The van der Waals surface area contributed by atoms with E-state index in [1.807, 2.05) is 0 Å². The largest absolute Gasteiger partial charge is 0.354 e. The van der Waals surface area contributed by atoms with Gasteiger partial charge in [-0.3, -0.25) is 0 Å². The molecule has 1 aromatic heterocycles. The minimum Gasteiger partial charge on any atom is -0.354 e. The molecule has 1 aromatic rings. The highest BCUT2D eigenvalue weighted by molar-refractivity contribution is 5.09. The summed E-state index contributed by atoms with van der Waals surface area (Å²) in [4.78, 5) is 0. The Bertz CT molecular complexity index is 289. The third-order valence-electron chi connectivity index (χ3n) is 3.05. The van der Waals surface area contributed by atoms with Crippen molar-refractivity contribution in [3.63, 3.8) is 0 Å². The number of nitrogens with one attached hydrogen (secondary N) is 1. The van der Waals surface area contributed by atoms with Crippen molar-refractivity contribution < 1.29 is 0 Å². The molecule has 2 nitrogen and oxygen atoms in total. The van der Waals surface area contributed by atoms with E-state index in [1.54, 1.807) is 0 Å². The molecule has 98 valence electrons. The van der Waals surface area contributed by atoms with Gasteiger partial charge in [-0.25, -0.2) is 0 Å². The molecule has 0 spiro atoms. The molecule has 0 bridgehead atoms. The van der Waals surface area contributed by atoms with E-state index in [2.05, 4.69) is 49.1 Å². The second-order valence-electron chi connectivity index (χ2n) is 5.21. The van der Waals surface area contributed by atoms with Crippen LogP contribution in [0.3, 0.4) is 0 Å². The fourth-order valence-corrected chi connectivity index (χ4v) is 1.95. The fraction of sp³-hybridized carbons (Fsp3) is 0.733. The second kappa shape index (κ2) is 8.35. The molecular formula is C15H28N2. The average molecular weight is 236 g/mol. The van der Waals surface area contributed by atoms with Crippen LogP contribution in [0, 0.1) is 0 Å². The number of hydrogen-bond donors (Lipinski definition) is 1. The van der Waals surface area contributed by atoms with Crippen molar-refractivity contribution >= 4 is 0 Å². The lowest BCUT2D eigenvalue weighted by Gasteiger charge is -2.06. The molecule has 1 rings (SSSR count). The topological polar surface area (TPSA) is 17.0 Å². The van der Waals surface area contributed by atoms with E-state index >= 15 is 0 Å². The molecule has 0 saturated heterocycles. The Morgan fingerprint density at radius 1 is 1.18 bits per heavy atom. The quantitative estimate of drug-likeness (QED) is 0.642. The first-order valence-corrected chi connectivity index (χ1v) is 7.10. The maximum atomic E-state index is 3.45. The SMILES string of the molecule is CCCCCCCn1ccc(CNC(C)C)c1. The Hall–Kier alpha value is -0.760. The Morgan fingerprint density at radius 2 is 1.94 bits per heavy atom. The lowest BCUT2D eigenvalue weighted by atomic mass is 10.1. The zero-order valence-corrected chi connectivity index (χ0v) is 11.7. The van der Waals surface area contributed by atoms with Crippen molar-refractivity contribution in [2.75, 3.05) is 0 Å². The van der Waals surface area contributed by atoms with E-state index in [4.69, 9.17) is 0 Å². The Morgan fingerprint density at radius 3 is 2.65 bits per heavy atom. The van der Waals surface area contributed by atoms with Gasteiger partial charge in [0.1, 0.15) is 0 Å². The maximum absolute atomic E-state index is 3.45. The van der Waals surface area contributed by atoms with Crippen LogP contribution in [-0.4, -0.2) is 10.6 Å². The summed E-state index contributed by atoms with van der Waals surface area (Å²) in [5.41, 5.74) is 1.40. The summed E-state index contributed by atoms with van der Waals surface area (Å²) >= 11 is 0.